The van der Waals surface area contributed by atoms with Crippen LogP contribution in [0.5, 0.6) is 0 Å². The molecule has 1 saturated carbocycles. The molecule has 0 aromatic heterocycles. The van der Waals surface area contributed by atoms with E-state index < -0.39 is 5.54 Å². The van der Waals surface area contributed by atoms with Crippen LogP contribution in [0.25, 0.3) is 0 Å². The summed E-state index contributed by atoms with van der Waals surface area (Å²) in [5, 5.41) is 0. The van der Waals surface area contributed by atoms with Crippen molar-refractivity contribution >= 4 is 18.3 Å². The summed E-state index contributed by atoms with van der Waals surface area (Å²) in [5.74, 6) is 0.894. The van der Waals surface area contributed by atoms with Gasteiger partial charge in [-0.25, -0.2) is 0 Å². The number of rotatable bonds is 3. The van der Waals surface area contributed by atoms with E-state index in [1.165, 1.54) is 5.56 Å². The first kappa shape index (κ1) is 15.3. The van der Waals surface area contributed by atoms with E-state index in [2.05, 4.69) is 30.3 Å². The SMILES string of the molecule is Cl.NC1(C(=O)N2CCC(Cc3ccccc3)CC2)CC1. The molecule has 0 radical (unpaired) electrons. The Balaban J connectivity index is 0.00000147. The van der Waals surface area contributed by atoms with Crippen LogP contribution in [0.3, 0.4) is 0 Å². The minimum atomic E-state index is -0.494. The Kier molecular flexibility index (Phi) is 4.71. The van der Waals surface area contributed by atoms with Crippen LogP contribution in [0.4, 0.5) is 0 Å². The molecule has 1 aliphatic carbocycles. The van der Waals surface area contributed by atoms with E-state index in [1.807, 2.05) is 4.90 Å². The van der Waals surface area contributed by atoms with Crippen molar-refractivity contribution in [1.82, 2.24) is 4.90 Å². The van der Waals surface area contributed by atoms with E-state index in [0.717, 1.165) is 45.2 Å². The van der Waals surface area contributed by atoms with Gasteiger partial charge in [-0.2, -0.15) is 0 Å². The Labute approximate surface area is 126 Å². The normalized spacial score (nSPS) is 21.1. The zero-order chi connectivity index (χ0) is 13.3. The summed E-state index contributed by atoms with van der Waals surface area (Å²) < 4.78 is 0. The van der Waals surface area contributed by atoms with Crippen molar-refractivity contribution < 1.29 is 4.79 Å². The van der Waals surface area contributed by atoms with Crippen molar-refractivity contribution in [3.8, 4) is 0 Å². The van der Waals surface area contributed by atoms with Gasteiger partial charge < -0.3 is 10.6 Å². The summed E-state index contributed by atoms with van der Waals surface area (Å²) in [6.07, 6.45) is 5.09. The molecule has 4 heteroatoms. The van der Waals surface area contributed by atoms with E-state index in [4.69, 9.17) is 5.73 Å². The number of carbonyl (C=O) groups is 1. The van der Waals surface area contributed by atoms with Crippen LogP contribution in [0, 0.1) is 5.92 Å². The predicted octanol–water partition coefficient (Wildman–Crippen LogP) is 2.38. The molecule has 1 amide bonds. The average molecular weight is 295 g/mol. The van der Waals surface area contributed by atoms with Gasteiger partial charge in [-0.3, -0.25) is 4.79 Å². The number of amides is 1. The summed E-state index contributed by atoms with van der Waals surface area (Å²) in [6, 6.07) is 10.6. The molecule has 3 nitrogen and oxygen atoms in total. The molecular formula is C16H23ClN2O. The van der Waals surface area contributed by atoms with Gasteiger partial charge >= 0.3 is 0 Å². The van der Waals surface area contributed by atoms with E-state index >= 15 is 0 Å². The Hall–Kier alpha value is -1.06. The molecule has 1 saturated heterocycles. The van der Waals surface area contributed by atoms with Crippen molar-refractivity contribution in [1.29, 1.82) is 0 Å². The maximum atomic E-state index is 12.1. The summed E-state index contributed by atoms with van der Waals surface area (Å²) >= 11 is 0. The Morgan fingerprint density at radius 1 is 1.20 bits per heavy atom. The fraction of sp³-hybridized carbons (Fsp3) is 0.562. The van der Waals surface area contributed by atoms with Crippen molar-refractivity contribution in [2.24, 2.45) is 11.7 Å². The van der Waals surface area contributed by atoms with Gasteiger partial charge in [-0.1, -0.05) is 30.3 Å². The molecule has 20 heavy (non-hydrogen) atoms. The highest BCUT2D eigenvalue weighted by atomic mass is 35.5. The van der Waals surface area contributed by atoms with E-state index in [1.54, 1.807) is 0 Å². The molecule has 1 heterocycles. The molecule has 2 N–H and O–H groups in total. The lowest BCUT2D eigenvalue weighted by atomic mass is 9.90. The lowest BCUT2D eigenvalue weighted by molar-refractivity contribution is -0.135. The topological polar surface area (TPSA) is 46.3 Å². The molecule has 0 spiro atoms. The Morgan fingerprint density at radius 2 is 1.80 bits per heavy atom. The van der Waals surface area contributed by atoms with E-state index in [9.17, 15) is 4.79 Å². The lowest BCUT2D eigenvalue weighted by Gasteiger charge is -2.33. The monoisotopic (exact) mass is 294 g/mol. The third-order valence-corrected chi connectivity index (χ3v) is 4.48. The van der Waals surface area contributed by atoms with Gasteiger partial charge in [0.1, 0.15) is 0 Å². The second-order valence-corrected chi connectivity index (χ2v) is 6.08. The molecule has 0 unspecified atom stereocenters. The molecule has 1 aromatic rings. The number of piperidine rings is 1. The average Bonchev–Trinajstić information content (AvgIpc) is 3.19. The van der Waals surface area contributed by atoms with Crippen LogP contribution < -0.4 is 5.73 Å². The van der Waals surface area contributed by atoms with Crippen LogP contribution in [-0.4, -0.2) is 29.4 Å². The van der Waals surface area contributed by atoms with Crippen LogP contribution in [0.2, 0.25) is 0 Å². The third kappa shape index (κ3) is 3.33. The third-order valence-electron chi connectivity index (χ3n) is 4.48. The summed E-state index contributed by atoms with van der Waals surface area (Å²) in [7, 11) is 0. The molecular weight excluding hydrogens is 272 g/mol. The van der Waals surface area contributed by atoms with Gasteiger partial charge in [0, 0.05) is 13.1 Å². The van der Waals surface area contributed by atoms with Crippen LogP contribution in [0.15, 0.2) is 30.3 Å². The fourth-order valence-corrected chi connectivity index (χ4v) is 2.95. The number of nitrogens with two attached hydrogens (primary N) is 1. The minimum Gasteiger partial charge on any atom is -0.341 e. The first-order valence-electron chi connectivity index (χ1n) is 7.29. The van der Waals surface area contributed by atoms with E-state index in [0.29, 0.717) is 5.92 Å². The van der Waals surface area contributed by atoms with E-state index in [-0.39, 0.29) is 18.3 Å². The largest absolute Gasteiger partial charge is 0.341 e. The van der Waals surface area contributed by atoms with Crippen LogP contribution in [0.1, 0.15) is 31.2 Å². The first-order valence-corrected chi connectivity index (χ1v) is 7.29. The number of hydrogen-bond donors (Lipinski definition) is 1. The smallest absolute Gasteiger partial charge is 0.242 e. The maximum absolute atomic E-state index is 12.1. The summed E-state index contributed by atoms with van der Waals surface area (Å²) in [5.41, 5.74) is 6.90. The standard InChI is InChI=1S/C16H22N2O.ClH/c17-16(8-9-16)15(19)18-10-6-14(7-11-18)12-13-4-2-1-3-5-13;/h1-5,14H,6-12,17H2;1H. The molecule has 0 bridgehead atoms. The summed E-state index contributed by atoms with van der Waals surface area (Å²) in [6.45, 7) is 1.77. The fourth-order valence-electron chi connectivity index (χ4n) is 2.95. The highest BCUT2D eigenvalue weighted by Crippen LogP contribution is 2.35. The number of halogens is 1. The molecule has 2 aliphatic rings. The highest BCUT2D eigenvalue weighted by molar-refractivity contribution is 5.89. The van der Waals surface area contributed by atoms with Crippen LogP contribution >= 0.6 is 12.4 Å². The Morgan fingerprint density at radius 3 is 2.35 bits per heavy atom. The predicted molar refractivity (Wildman–Crippen MR) is 82.9 cm³/mol. The van der Waals surface area contributed by atoms with Crippen molar-refractivity contribution in [3.05, 3.63) is 35.9 Å². The van der Waals surface area contributed by atoms with Gasteiger partial charge in [0.25, 0.3) is 0 Å². The van der Waals surface area contributed by atoms with Crippen molar-refractivity contribution in [3.63, 3.8) is 0 Å². The minimum absolute atomic E-state index is 0. The second kappa shape index (κ2) is 6.15. The number of nitrogens with zero attached hydrogens (tertiary/aromatic N) is 1. The molecule has 1 aliphatic heterocycles. The quantitative estimate of drug-likeness (QED) is 0.930. The molecule has 2 fully saturated rings. The number of likely N-dealkylation sites (tertiary alicyclic amines) is 1. The van der Waals surface area contributed by atoms with Gasteiger partial charge in [0.05, 0.1) is 5.54 Å². The highest BCUT2D eigenvalue weighted by Gasteiger charge is 2.48. The lowest BCUT2D eigenvalue weighted by Crippen LogP contribution is -2.48. The van der Waals surface area contributed by atoms with Gasteiger partial charge in [-0.15, -0.1) is 12.4 Å². The van der Waals surface area contributed by atoms with Gasteiger partial charge in [0.2, 0.25) is 5.91 Å². The molecule has 110 valence electrons. The molecule has 1 aromatic carbocycles. The number of carbonyl (C=O) groups excluding carboxylic acids is 1. The van der Waals surface area contributed by atoms with Gasteiger partial charge in [0.15, 0.2) is 0 Å². The first-order chi connectivity index (χ1) is 9.17. The maximum Gasteiger partial charge on any atom is 0.242 e. The van der Waals surface area contributed by atoms with Crippen molar-refractivity contribution in [2.75, 3.05) is 13.1 Å². The van der Waals surface area contributed by atoms with Gasteiger partial charge in [-0.05, 0) is 43.6 Å². The van der Waals surface area contributed by atoms with Crippen molar-refractivity contribution in [2.45, 2.75) is 37.6 Å². The van der Waals surface area contributed by atoms with Crippen LogP contribution in [-0.2, 0) is 11.2 Å². The Bertz CT molecular complexity index is 451. The zero-order valence-electron chi connectivity index (χ0n) is 11.8. The second-order valence-electron chi connectivity index (χ2n) is 6.08. The molecule has 3 rings (SSSR count). The zero-order valence-corrected chi connectivity index (χ0v) is 12.6. The number of hydrogen-bond acceptors (Lipinski definition) is 2. The number of benzene rings is 1. The summed E-state index contributed by atoms with van der Waals surface area (Å²) in [4.78, 5) is 14.1. The molecule has 0 atom stereocenters.